The van der Waals surface area contributed by atoms with E-state index in [-0.39, 0.29) is 59.4 Å². The summed E-state index contributed by atoms with van der Waals surface area (Å²) in [5, 5.41) is 1.09. The SMILES string of the molecule is [2H]c1nc(N([2H])C2([2H])CCN(C([2H])c3cc(F)ccc3F)CC2)c2c([2H])c(Cl)sc2n1. The van der Waals surface area contributed by atoms with Gasteiger partial charge in [-0.3, -0.25) is 4.90 Å². The van der Waals surface area contributed by atoms with E-state index < -0.39 is 24.2 Å². The molecule has 0 saturated carbocycles. The van der Waals surface area contributed by atoms with Crippen molar-refractivity contribution in [2.45, 2.75) is 25.4 Å². The van der Waals surface area contributed by atoms with Gasteiger partial charge in [0.15, 0.2) is 1.41 Å². The van der Waals surface area contributed by atoms with Crippen molar-refractivity contribution >= 4 is 39.0 Å². The van der Waals surface area contributed by atoms with E-state index in [9.17, 15) is 8.78 Å². The number of halogens is 3. The Balaban J connectivity index is 1.57. The Morgan fingerprint density at radius 3 is 3.04 bits per heavy atom. The van der Waals surface area contributed by atoms with Gasteiger partial charge in [-0.2, -0.15) is 0 Å². The second-order valence-corrected chi connectivity index (χ2v) is 7.44. The van der Waals surface area contributed by atoms with E-state index >= 15 is 0 Å². The van der Waals surface area contributed by atoms with Crippen LogP contribution in [-0.4, -0.2) is 34.0 Å². The average Bonchev–Trinajstić information content (AvgIpc) is 3.02. The Hall–Kier alpha value is -1.83. The van der Waals surface area contributed by atoms with Crippen molar-refractivity contribution in [3.8, 4) is 0 Å². The summed E-state index contributed by atoms with van der Waals surface area (Å²) >= 11 is 7.04. The van der Waals surface area contributed by atoms with E-state index in [1.54, 1.807) is 4.90 Å². The Bertz CT molecular complexity index is 1140. The molecular weight excluding hydrogens is 378 g/mol. The summed E-state index contributed by atoms with van der Waals surface area (Å²) in [7, 11) is 0. The van der Waals surface area contributed by atoms with E-state index in [1.165, 1.54) is 0 Å². The van der Waals surface area contributed by atoms with Gasteiger partial charge in [-0.15, -0.1) is 11.3 Å². The van der Waals surface area contributed by atoms with Gasteiger partial charge in [0.25, 0.3) is 0 Å². The summed E-state index contributed by atoms with van der Waals surface area (Å²) in [6.07, 6.45) is -0.105. The average molecular weight is 400 g/mol. The molecule has 8 heteroatoms. The molecule has 4 rings (SSSR count). The third-order valence-electron chi connectivity index (χ3n) is 4.07. The highest BCUT2D eigenvalue weighted by Crippen LogP contribution is 2.32. The lowest BCUT2D eigenvalue weighted by Crippen LogP contribution is -2.39. The molecule has 136 valence electrons. The second kappa shape index (κ2) is 7.42. The predicted molar refractivity (Wildman–Crippen MR) is 101 cm³/mol. The van der Waals surface area contributed by atoms with E-state index in [0.717, 1.165) is 34.8 Å². The number of aromatic nitrogens is 2. The van der Waals surface area contributed by atoms with E-state index in [0.29, 0.717) is 4.83 Å². The van der Waals surface area contributed by atoms with Gasteiger partial charge in [0, 0.05) is 32.6 Å². The zero-order valence-electron chi connectivity index (χ0n) is 18.5. The first kappa shape index (κ1) is 12.5. The summed E-state index contributed by atoms with van der Waals surface area (Å²) in [4.78, 5) is 9.84. The third-order valence-corrected chi connectivity index (χ3v) is 5.17. The molecule has 0 amide bonds. The van der Waals surface area contributed by atoms with Crippen LogP contribution in [0.4, 0.5) is 14.6 Å². The quantitative estimate of drug-likeness (QED) is 0.690. The van der Waals surface area contributed by atoms with Crippen LogP contribution in [0.25, 0.3) is 10.2 Å². The number of hydrogen-bond donors (Lipinski definition) is 1. The third kappa shape index (κ3) is 3.79. The Morgan fingerprint density at radius 2 is 2.23 bits per heavy atom. The van der Waals surface area contributed by atoms with Crippen molar-refractivity contribution in [2.75, 3.05) is 18.4 Å². The normalized spacial score (nSPS) is 21.4. The van der Waals surface area contributed by atoms with Crippen LogP contribution in [0.5, 0.6) is 0 Å². The van der Waals surface area contributed by atoms with Crippen LogP contribution in [0.2, 0.25) is 5.75 Å². The lowest BCUT2D eigenvalue weighted by Gasteiger charge is -2.32. The number of nitrogens with zero attached hydrogens (tertiary/aromatic N) is 3. The molecule has 0 radical (unpaired) electrons. The molecule has 4 nitrogen and oxygen atoms in total. The van der Waals surface area contributed by atoms with Gasteiger partial charge in [-0.05, 0) is 37.1 Å². The molecule has 26 heavy (non-hydrogen) atoms. The van der Waals surface area contributed by atoms with Gasteiger partial charge >= 0.3 is 0 Å². The van der Waals surface area contributed by atoms with Crippen molar-refractivity contribution in [1.29, 1.82) is 0 Å². The van der Waals surface area contributed by atoms with E-state index in [2.05, 4.69) is 9.97 Å². The molecule has 1 aromatic carbocycles. The van der Waals surface area contributed by atoms with Crippen LogP contribution in [0, 0.1) is 11.6 Å². The van der Waals surface area contributed by atoms with Crippen LogP contribution in [0.3, 0.4) is 0 Å². The first-order chi connectivity index (χ1) is 14.6. The predicted octanol–water partition coefficient (Wildman–Crippen LogP) is 4.70. The van der Waals surface area contributed by atoms with Gasteiger partial charge in [0.1, 0.15) is 30.0 Å². The molecule has 1 aliphatic heterocycles. The summed E-state index contributed by atoms with van der Waals surface area (Å²) in [5.74, 6) is -1.34. The highest BCUT2D eigenvalue weighted by molar-refractivity contribution is 7.22. The Labute approximate surface area is 165 Å². The van der Waals surface area contributed by atoms with Gasteiger partial charge in [0.05, 0.1) is 12.5 Å². The van der Waals surface area contributed by atoms with E-state index in [1.807, 2.05) is 0 Å². The van der Waals surface area contributed by atoms with Crippen LogP contribution in [0.15, 0.2) is 30.5 Å². The molecule has 0 spiro atoms. The zero-order valence-corrected chi connectivity index (χ0v) is 15.0. The Morgan fingerprint density at radius 1 is 1.42 bits per heavy atom. The van der Waals surface area contributed by atoms with Crippen molar-refractivity contribution in [1.82, 2.24) is 14.9 Å². The highest BCUT2D eigenvalue weighted by atomic mass is 35.5. The van der Waals surface area contributed by atoms with Crippen LogP contribution < -0.4 is 5.31 Å². The fourth-order valence-electron chi connectivity index (χ4n) is 2.78. The molecule has 1 aliphatic rings. The fraction of sp³-hybridized carbons (Fsp3) is 0.333. The molecule has 1 unspecified atom stereocenters. The van der Waals surface area contributed by atoms with Crippen LogP contribution >= 0.6 is 22.9 Å². The maximum Gasteiger partial charge on any atom is 0.162 e. The van der Waals surface area contributed by atoms with Gasteiger partial charge in [-0.25, -0.2) is 18.7 Å². The van der Waals surface area contributed by atoms with Crippen LogP contribution in [-0.2, 0) is 6.52 Å². The molecule has 3 aromatic rings. The zero-order chi connectivity index (χ0) is 22.5. The molecule has 1 N–H and O–H groups in total. The molecule has 0 bridgehead atoms. The van der Waals surface area contributed by atoms with Crippen molar-refractivity contribution in [3.63, 3.8) is 0 Å². The highest BCUT2D eigenvalue weighted by Gasteiger charge is 2.21. The number of rotatable bonds is 4. The summed E-state index contributed by atoms with van der Waals surface area (Å²) < 4.78 is 69.3. The Kier molecular flexibility index (Phi) is 3.58. The first-order valence-electron chi connectivity index (χ1n) is 10.5. The number of hydrogen-bond acceptors (Lipinski definition) is 5. The lowest BCUT2D eigenvalue weighted by atomic mass is 10.0. The smallest absolute Gasteiger partial charge is 0.162 e. The van der Waals surface area contributed by atoms with Crippen molar-refractivity contribution in [3.05, 3.63) is 52.1 Å². The fourth-order valence-corrected chi connectivity index (χ4v) is 3.75. The van der Waals surface area contributed by atoms with Crippen molar-refractivity contribution < 1.29 is 15.7 Å². The first-order valence-corrected chi connectivity index (χ1v) is 9.14. The number of fused-ring (bicyclic) bond motifs is 1. The molecule has 0 aliphatic carbocycles. The van der Waals surface area contributed by atoms with Gasteiger partial charge in [0.2, 0.25) is 0 Å². The molecular formula is C18H17ClF2N4S. The summed E-state index contributed by atoms with van der Waals surface area (Å²) in [6.45, 7) is -0.743. The summed E-state index contributed by atoms with van der Waals surface area (Å²) in [6, 6.07) is 1.47. The number of piperidine rings is 1. The van der Waals surface area contributed by atoms with E-state index in [4.69, 9.17) is 18.5 Å². The lowest BCUT2D eigenvalue weighted by molar-refractivity contribution is 0.208. The van der Waals surface area contributed by atoms with Crippen molar-refractivity contribution in [2.24, 2.45) is 0 Å². The minimum atomic E-state index is -1.45. The number of benzene rings is 1. The molecule has 3 heterocycles. The molecule has 1 atom stereocenters. The minimum Gasteiger partial charge on any atom is -0.367 e. The minimum absolute atomic E-state index is 0.0369. The van der Waals surface area contributed by atoms with Gasteiger partial charge < -0.3 is 5.31 Å². The molecule has 1 fully saturated rings. The largest absolute Gasteiger partial charge is 0.367 e. The van der Waals surface area contributed by atoms with Gasteiger partial charge in [-0.1, -0.05) is 11.6 Å². The number of anilines is 1. The number of thiophene rings is 1. The monoisotopic (exact) mass is 399 g/mol. The topological polar surface area (TPSA) is 41.1 Å². The number of nitrogens with one attached hydrogen (secondary N) is 1. The molecule has 2 aromatic heterocycles. The standard InChI is InChI=1S/C18H17ClF2N4S/c19-16-8-14-17(22-10-23-18(14)26-16)24-13-3-5-25(6-4-13)9-11-7-12(20)1-2-15(11)21/h1-2,7-8,10,13H,3-6,9H2,(H,22,23,24)/i8D,9D,10D,13D/hD. The summed E-state index contributed by atoms with van der Waals surface area (Å²) in [5.41, 5.74) is -0.0802. The number of likely N-dealkylation sites (tertiary alicyclic amines) is 1. The molecule has 1 saturated heterocycles. The second-order valence-electron chi connectivity index (χ2n) is 5.84. The maximum absolute atomic E-state index is 14.1. The maximum atomic E-state index is 14.1. The van der Waals surface area contributed by atoms with Crippen LogP contribution in [0.1, 0.15) is 23.9 Å².